The van der Waals surface area contributed by atoms with E-state index in [9.17, 15) is 9.90 Å². The Kier molecular flexibility index (Phi) is 4.50. The van der Waals surface area contributed by atoms with E-state index in [-0.39, 0.29) is 24.7 Å². The van der Waals surface area contributed by atoms with Crippen molar-refractivity contribution in [3.05, 3.63) is 29.3 Å². The van der Waals surface area contributed by atoms with Gasteiger partial charge in [-0.15, -0.1) is 12.6 Å². The second-order valence-electron chi connectivity index (χ2n) is 4.94. The van der Waals surface area contributed by atoms with Crippen LogP contribution >= 0.6 is 12.6 Å². The number of carbonyl (C=O) groups excluding carboxylic acids is 1. The maximum atomic E-state index is 12.6. The van der Waals surface area contributed by atoms with Gasteiger partial charge >= 0.3 is 0 Å². The Morgan fingerprint density at radius 1 is 1.58 bits per heavy atom. The Balaban J connectivity index is 2.24. The van der Waals surface area contributed by atoms with Crippen LogP contribution in [0, 0.1) is 6.92 Å². The number of ether oxygens (including phenoxy) is 1. The summed E-state index contributed by atoms with van der Waals surface area (Å²) in [6, 6.07) is 5.56. The number of amides is 1. The minimum absolute atomic E-state index is 0.0123. The first-order valence-corrected chi connectivity index (χ1v) is 6.80. The van der Waals surface area contributed by atoms with E-state index in [2.05, 4.69) is 12.6 Å². The number of morpholine rings is 1. The molecule has 104 valence electrons. The van der Waals surface area contributed by atoms with Crippen LogP contribution in [0.4, 0.5) is 0 Å². The van der Waals surface area contributed by atoms with E-state index >= 15 is 0 Å². The van der Waals surface area contributed by atoms with E-state index in [1.807, 2.05) is 26.0 Å². The summed E-state index contributed by atoms with van der Waals surface area (Å²) in [4.78, 5) is 15.1. The zero-order chi connectivity index (χ0) is 14.0. The molecular formula is C14H19NO3S. The van der Waals surface area contributed by atoms with Gasteiger partial charge in [0, 0.05) is 17.0 Å². The molecule has 19 heavy (non-hydrogen) atoms. The molecule has 1 aromatic rings. The number of rotatable bonds is 2. The van der Waals surface area contributed by atoms with Gasteiger partial charge in [0.15, 0.2) is 0 Å². The van der Waals surface area contributed by atoms with Crippen molar-refractivity contribution in [1.29, 1.82) is 0 Å². The van der Waals surface area contributed by atoms with E-state index in [1.165, 1.54) is 0 Å². The summed E-state index contributed by atoms with van der Waals surface area (Å²) >= 11 is 4.28. The largest absolute Gasteiger partial charge is 0.394 e. The van der Waals surface area contributed by atoms with Crippen molar-refractivity contribution in [3.8, 4) is 0 Å². The predicted molar refractivity (Wildman–Crippen MR) is 75.8 cm³/mol. The molecule has 0 aliphatic carbocycles. The monoisotopic (exact) mass is 281 g/mol. The van der Waals surface area contributed by atoms with Gasteiger partial charge in [-0.1, -0.05) is 6.07 Å². The Morgan fingerprint density at radius 2 is 2.32 bits per heavy atom. The van der Waals surface area contributed by atoms with Crippen molar-refractivity contribution >= 4 is 18.5 Å². The van der Waals surface area contributed by atoms with Gasteiger partial charge in [-0.25, -0.2) is 0 Å². The number of nitrogens with zero attached hydrogens (tertiary/aromatic N) is 1. The van der Waals surface area contributed by atoms with Gasteiger partial charge in [0.2, 0.25) is 0 Å². The first-order valence-electron chi connectivity index (χ1n) is 6.36. The third-order valence-corrected chi connectivity index (χ3v) is 3.70. The number of hydrogen-bond donors (Lipinski definition) is 2. The van der Waals surface area contributed by atoms with E-state index in [0.29, 0.717) is 18.7 Å². The van der Waals surface area contributed by atoms with Crippen molar-refractivity contribution in [2.45, 2.75) is 30.9 Å². The molecular weight excluding hydrogens is 262 g/mol. The Labute approximate surface area is 118 Å². The summed E-state index contributed by atoms with van der Waals surface area (Å²) in [5, 5.41) is 9.17. The molecule has 1 aliphatic rings. The van der Waals surface area contributed by atoms with Crippen LogP contribution in [0.25, 0.3) is 0 Å². The number of carbonyl (C=O) groups is 1. The van der Waals surface area contributed by atoms with Crippen molar-refractivity contribution < 1.29 is 14.6 Å². The average molecular weight is 281 g/mol. The molecule has 1 saturated heterocycles. The molecule has 4 nitrogen and oxygen atoms in total. The van der Waals surface area contributed by atoms with Crippen LogP contribution in [0.15, 0.2) is 23.1 Å². The number of aliphatic hydroxyl groups excluding tert-OH is 1. The summed E-state index contributed by atoms with van der Waals surface area (Å²) in [6.45, 7) is 4.67. The van der Waals surface area contributed by atoms with Crippen molar-refractivity contribution in [2.24, 2.45) is 0 Å². The molecule has 1 aliphatic heterocycles. The summed E-state index contributed by atoms with van der Waals surface area (Å²) in [7, 11) is 0. The van der Waals surface area contributed by atoms with Crippen molar-refractivity contribution in [3.63, 3.8) is 0 Å². The lowest BCUT2D eigenvalue weighted by Crippen LogP contribution is -2.52. The van der Waals surface area contributed by atoms with Crippen LogP contribution in [0.2, 0.25) is 0 Å². The molecule has 0 saturated carbocycles. The van der Waals surface area contributed by atoms with Crippen molar-refractivity contribution in [1.82, 2.24) is 4.90 Å². The number of aliphatic hydroxyl groups is 1. The molecule has 2 atom stereocenters. The highest BCUT2D eigenvalue weighted by molar-refractivity contribution is 7.80. The third-order valence-electron chi connectivity index (χ3n) is 3.42. The summed E-state index contributed by atoms with van der Waals surface area (Å²) in [5.41, 5.74) is 1.60. The highest BCUT2D eigenvalue weighted by atomic mass is 32.1. The maximum absolute atomic E-state index is 12.6. The number of thiol groups is 1. The third kappa shape index (κ3) is 3.11. The van der Waals surface area contributed by atoms with Gasteiger partial charge in [0.1, 0.15) is 0 Å². The Morgan fingerprint density at radius 3 is 3.00 bits per heavy atom. The highest BCUT2D eigenvalue weighted by Gasteiger charge is 2.30. The van der Waals surface area contributed by atoms with E-state index in [1.54, 1.807) is 11.0 Å². The van der Waals surface area contributed by atoms with E-state index in [4.69, 9.17) is 4.74 Å². The molecule has 0 aromatic heterocycles. The number of aryl methyl sites for hydroxylation is 1. The second kappa shape index (κ2) is 5.94. The number of benzene rings is 1. The summed E-state index contributed by atoms with van der Waals surface area (Å²) < 4.78 is 5.45. The first-order chi connectivity index (χ1) is 9.02. The fraction of sp³-hybridized carbons (Fsp3) is 0.500. The standard InChI is InChI=1S/C14H19NO3S/c1-9-3-4-12(19)5-13(9)14(17)15-6-11(7-16)18-8-10(15)2/h3-5,10-11,16,19H,6-8H2,1-2H3. The molecule has 0 spiro atoms. The van der Waals surface area contributed by atoms with Crippen LogP contribution < -0.4 is 0 Å². The normalized spacial score (nSPS) is 23.5. The lowest BCUT2D eigenvalue weighted by molar-refractivity contribution is -0.0667. The van der Waals surface area contributed by atoms with Gasteiger partial charge in [-0.2, -0.15) is 0 Å². The molecule has 1 amide bonds. The van der Waals surface area contributed by atoms with Crippen LogP contribution in [-0.4, -0.2) is 47.8 Å². The van der Waals surface area contributed by atoms with Gasteiger partial charge < -0.3 is 14.7 Å². The van der Waals surface area contributed by atoms with Crippen LogP contribution in [-0.2, 0) is 4.74 Å². The predicted octanol–water partition coefficient (Wildman–Crippen LogP) is 1.51. The number of hydrogen-bond acceptors (Lipinski definition) is 4. The van der Waals surface area contributed by atoms with E-state index in [0.717, 1.165) is 10.5 Å². The molecule has 1 N–H and O–H groups in total. The van der Waals surface area contributed by atoms with Gasteiger partial charge in [0.25, 0.3) is 5.91 Å². The highest BCUT2D eigenvalue weighted by Crippen LogP contribution is 2.20. The minimum Gasteiger partial charge on any atom is -0.394 e. The van der Waals surface area contributed by atoms with Crippen molar-refractivity contribution in [2.75, 3.05) is 19.8 Å². The lowest BCUT2D eigenvalue weighted by Gasteiger charge is -2.37. The van der Waals surface area contributed by atoms with Crippen LogP contribution in [0.1, 0.15) is 22.8 Å². The quantitative estimate of drug-likeness (QED) is 0.808. The first kappa shape index (κ1) is 14.4. The second-order valence-corrected chi connectivity index (χ2v) is 5.46. The van der Waals surface area contributed by atoms with Gasteiger partial charge in [0.05, 0.1) is 25.4 Å². The fourth-order valence-electron chi connectivity index (χ4n) is 2.21. The Bertz CT molecular complexity index is 478. The summed E-state index contributed by atoms with van der Waals surface area (Å²) in [5.74, 6) is -0.0253. The van der Waals surface area contributed by atoms with Gasteiger partial charge in [-0.05, 0) is 31.5 Å². The molecule has 1 heterocycles. The lowest BCUT2D eigenvalue weighted by atomic mass is 10.1. The molecule has 1 fully saturated rings. The fourth-order valence-corrected chi connectivity index (χ4v) is 2.41. The zero-order valence-corrected chi connectivity index (χ0v) is 12.1. The molecule has 2 rings (SSSR count). The Hall–Kier alpha value is -1.04. The molecule has 0 radical (unpaired) electrons. The van der Waals surface area contributed by atoms with Gasteiger partial charge in [-0.3, -0.25) is 4.79 Å². The maximum Gasteiger partial charge on any atom is 0.254 e. The molecule has 5 heteroatoms. The molecule has 1 aromatic carbocycles. The topological polar surface area (TPSA) is 49.8 Å². The van der Waals surface area contributed by atoms with E-state index < -0.39 is 0 Å². The smallest absolute Gasteiger partial charge is 0.254 e. The average Bonchev–Trinajstić information content (AvgIpc) is 2.41. The molecule has 0 bridgehead atoms. The van der Waals surface area contributed by atoms with Crippen LogP contribution in [0.5, 0.6) is 0 Å². The van der Waals surface area contributed by atoms with Crippen LogP contribution in [0.3, 0.4) is 0 Å². The summed E-state index contributed by atoms with van der Waals surface area (Å²) in [6.07, 6.45) is -0.292. The zero-order valence-electron chi connectivity index (χ0n) is 11.2. The minimum atomic E-state index is -0.292. The SMILES string of the molecule is Cc1ccc(S)cc1C(=O)N1CC(CO)OCC1C. The molecule has 2 unspecified atom stereocenters.